The highest BCUT2D eigenvalue weighted by Crippen LogP contribution is 2.18. The predicted octanol–water partition coefficient (Wildman–Crippen LogP) is 3.07. The maximum Gasteiger partial charge on any atom is 0.348 e. The lowest BCUT2D eigenvalue weighted by molar-refractivity contribution is -0.00434. The second kappa shape index (κ2) is 6.82. The molecule has 2 rings (SSSR count). The number of ketones is 1. The largest absolute Gasteiger partial charge is 0.461 e. The van der Waals surface area contributed by atoms with Crippen molar-refractivity contribution in [3.8, 4) is 0 Å². The molecule has 1 aromatic heterocycles. The van der Waals surface area contributed by atoms with Gasteiger partial charge in [-0.2, -0.15) is 0 Å². The first-order valence-corrected chi connectivity index (χ1v) is 7.43. The van der Waals surface area contributed by atoms with Crippen molar-refractivity contribution in [1.82, 2.24) is 0 Å². The molecule has 1 unspecified atom stereocenters. The van der Waals surface area contributed by atoms with Crippen LogP contribution >= 0.6 is 11.3 Å². The van der Waals surface area contributed by atoms with Gasteiger partial charge in [-0.1, -0.05) is 0 Å². The molecule has 0 N–H and O–H groups in total. The zero-order valence-electron chi connectivity index (χ0n) is 11.0. The summed E-state index contributed by atoms with van der Waals surface area (Å²) >= 11 is 1.25. The molecule has 1 atom stereocenters. The fourth-order valence-electron chi connectivity index (χ4n) is 2.02. The quantitative estimate of drug-likeness (QED) is 0.615. The van der Waals surface area contributed by atoms with E-state index in [0.29, 0.717) is 17.0 Å². The van der Waals surface area contributed by atoms with Crippen molar-refractivity contribution in [3.63, 3.8) is 0 Å². The van der Waals surface area contributed by atoms with Gasteiger partial charge < -0.3 is 9.47 Å². The van der Waals surface area contributed by atoms with Crippen LogP contribution in [0, 0.1) is 0 Å². The molecule has 0 aromatic carbocycles. The van der Waals surface area contributed by atoms with E-state index in [2.05, 4.69) is 0 Å². The van der Waals surface area contributed by atoms with E-state index in [-0.39, 0.29) is 17.9 Å². The number of carbonyl (C=O) groups excluding carboxylic acids is 2. The summed E-state index contributed by atoms with van der Waals surface area (Å²) in [5, 5.41) is 1.68. The SMILES string of the molecule is CC(=O)c1csc(C(=O)OCCC2CCCCO2)c1. The first kappa shape index (κ1) is 14.2. The molecule has 19 heavy (non-hydrogen) atoms. The van der Waals surface area contributed by atoms with Gasteiger partial charge in [0.2, 0.25) is 0 Å². The monoisotopic (exact) mass is 282 g/mol. The molecular formula is C14H18O4S. The summed E-state index contributed by atoms with van der Waals surface area (Å²) in [6.07, 6.45) is 4.32. The zero-order chi connectivity index (χ0) is 13.7. The number of esters is 1. The Balaban J connectivity index is 1.75. The molecule has 0 radical (unpaired) electrons. The van der Waals surface area contributed by atoms with Gasteiger partial charge in [-0.3, -0.25) is 4.79 Å². The van der Waals surface area contributed by atoms with Gasteiger partial charge in [0.05, 0.1) is 12.7 Å². The molecule has 0 aliphatic carbocycles. The smallest absolute Gasteiger partial charge is 0.348 e. The van der Waals surface area contributed by atoms with Gasteiger partial charge in [0, 0.05) is 24.0 Å². The number of thiophene rings is 1. The molecule has 0 saturated carbocycles. The minimum absolute atomic E-state index is 0.0362. The Bertz CT molecular complexity index is 446. The minimum Gasteiger partial charge on any atom is -0.461 e. The Hall–Kier alpha value is -1.20. The van der Waals surface area contributed by atoms with Crippen molar-refractivity contribution in [1.29, 1.82) is 0 Å². The number of hydrogen-bond donors (Lipinski definition) is 0. The first-order valence-electron chi connectivity index (χ1n) is 6.55. The van der Waals surface area contributed by atoms with Crippen LogP contribution in [0.15, 0.2) is 11.4 Å². The number of rotatable bonds is 5. The highest BCUT2D eigenvalue weighted by Gasteiger charge is 2.16. The molecule has 1 saturated heterocycles. The van der Waals surface area contributed by atoms with Crippen molar-refractivity contribution in [2.45, 2.75) is 38.7 Å². The minimum atomic E-state index is -0.353. The van der Waals surface area contributed by atoms with Gasteiger partial charge >= 0.3 is 5.97 Å². The highest BCUT2D eigenvalue weighted by atomic mass is 32.1. The Labute approximate surface area is 116 Å². The molecule has 0 spiro atoms. The van der Waals surface area contributed by atoms with Crippen molar-refractivity contribution in [3.05, 3.63) is 21.9 Å². The molecule has 1 aromatic rings. The number of carbonyl (C=O) groups is 2. The average molecular weight is 282 g/mol. The summed E-state index contributed by atoms with van der Waals surface area (Å²) in [5.74, 6) is -0.390. The Morgan fingerprint density at radius 2 is 2.32 bits per heavy atom. The van der Waals surface area contributed by atoms with E-state index in [1.807, 2.05) is 0 Å². The van der Waals surface area contributed by atoms with Crippen LogP contribution in [0.4, 0.5) is 0 Å². The van der Waals surface area contributed by atoms with E-state index in [1.54, 1.807) is 11.4 Å². The van der Waals surface area contributed by atoms with Crippen molar-refractivity contribution in [2.24, 2.45) is 0 Å². The number of hydrogen-bond acceptors (Lipinski definition) is 5. The van der Waals surface area contributed by atoms with Crippen molar-refractivity contribution >= 4 is 23.1 Å². The summed E-state index contributed by atoms with van der Waals surface area (Å²) in [6, 6.07) is 1.59. The maximum atomic E-state index is 11.8. The molecule has 0 bridgehead atoms. The van der Waals surface area contributed by atoms with Gasteiger partial charge in [0.25, 0.3) is 0 Å². The molecule has 1 aliphatic rings. The van der Waals surface area contributed by atoms with E-state index in [4.69, 9.17) is 9.47 Å². The van der Waals surface area contributed by atoms with E-state index in [0.717, 1.165) is 25.9 Å². The van der Waals surface area contributed by atoms with E-state index >= 15 is 0 Å². The lowest BCUT2D eigenvalue weighted by atomic mass is 10.1. The van der Waals surface area contributed by atoms with E-state index in [1.165, 1.54) is 24.7 Å². The summed E-state index contributed by atoms with van der Waals surface area (Å²) in [5.41, 5.74) is 0.563. The average Bonchev–Trinajstić information content (AvgIpc) is 2.89. The predicted molar refractivity (Wildman–Crippen MR) is 72.8 cm³/mol. The second-order valence-electron chi connectivity index (χ2n) is 4.67. The Morgan fingerprint density at radius 3 is 2.95 bits per heavy atom. The van der Waals surface area contributed by atoms with Gasteiger partial charge in [-0.25, -0.2) is 4.79 Å². The fourth-order valence-corrected chi connectivity index (χ4v) is 2.86. The molecule has 1 aliphatic heterocycles. The lowest BCUT2D eigenvalue weighted by Crippen LogP contribution is -2.21. The van der Waals surface area contributed by atoms with Crippen LogP contribution in [-0.2, 0) is 9.47 Å². The third kappa shape index (κ3) is 4.14. The van der Waals surface area contributed by atoms with Crippen molar-refractivity contribution < 1.29 is 19.1 Å². The normalized spacial score (nSPS) is 19.1. The van der Waals surface area contributed by atoms with Gasteiger partial charge in [-0.05, 0) is 32.3 Å². The third-order valence-corrected chi connectivity index (χ3v) is 4.06. The topological polar surface area (TPSA) is 52.6 Å². The summed E-state index contributed by atoms with van der Waals surface area (Å²) in [7, 11) is 0. The van der Waals surface area contributed by atoms with Crippen LogP contribution in [0.5, 0.6) is 0 Å². The first-order chi connectivity index (χ1) is 9.16. The molecule has 2 heterocycles. The summed E-state index contributed by atoms with van der Waals surface area (Å²) in [6.45, 7) is 2.67. The van der Waals surface area contributed by atoms with Crippen LogP contribution in [0.2, 0.25) is 0 Å². The maximum absolute atomic E-state index is 11.8. The van der Waals surface area contributed by atoms with Gasteiger partial charge in [0.15, 0.2) is 5.78 Å². The molecule has 0 amide bonds. The number of Topliss-reactive ketones (excluding diaryl/α,β-unsaturated/α-hetero) is 1. The van der Waals surface area contributed by atoms with Crippen LogP contribution < -0.4 is 0 Å². The zero-order valence-corrected chi connectivity index (χ0v) is 11.8. The lowest BCUT2D eigenvalue weighted by Gasteiger charge is -2.22. The standard InChI is InChI=1S/C14H18O4S/c1-10(15)11-8-13(19-9-11)14(16)18-7-5-12-4-2-3-6-17-12/h8-9,12H,2-7H2,1H3. The summed E-state index contributed by atoms with van der Waals surface area (Å²) in [4.78, 5) is 23.4. The Kier molecular flexibility index (Phi) is 5.10. The van der Waals surface area contributed by atoms with Gasteiger partial charge in [-0.15, -0.1) is 11.3 Å². The van der Waals surface area contributed by atoms with Crippen LogP contribution in [0.3, 0.4) is 0 Å². The third-order valence-electron chi connectivity index (χ3n) is 3.15. The molecule has 1 fully saturated rings. The Morgan fingerprint density at radius 1 is 1.47 bits per heavy atom. The second-order valence-corrected chi connectivity index (χ2v) is 5.58. The van der Waals surface area contributed by atoms with E-state index < -0.39 is 0 Å². The van der Waals surface area contributed by atoms with Crippen LogP contribution in [-0.4, -0.2) is 31.1 Å². The van der Waals surface area contributed by atoms with Crippen molar-refractivity contribution in [2.75, 3.05) is 13.2 Å². The highest BCUT2D eigenvalue weighted by molar-refractivity contribution is 7.12. The molecule has 5 heteroatoms. The molecular weight excluding hydrogens is 264 g/mol. The molecule has 4 nitrogen and oxygen atoms in total. The fraction of sp³-hybridized carbons (Fsp3) is 0.571. The number of ether oxygens (including phenoxy) is 2. The van der Waals surface area contributed by atoms with Crippen LogP contribution in [0.1, 0.15) is 52.6 Å². The van der Waals surface area contributed by atoms with Crippen LogP contribution in [0.25, 0.3) is 0 Å². The van der Waals surface area contributed by atoms with E-state index in [9.17, 15) is 9.59 Å². The van der Waals surface area contributed by atoms with Gasteiger partial charge in [0.1, 0.15) is 4.88 Å². The summed E-state index contributed by atoms with van der Waals surface area (Å²) < 4.78 is 10.8. The molecule has 104 valence electrons.